The number of ether oxygens (including phenoxy) is 2. The van der Waals surface area contributed by atoms with E-state index in [1.54, 1.807) is 10.7 Å². The van der Waals surface area contributed by atoms with Gasteiger partial charge < -0.3 is 18.9 Å². The van der Waals surface area contributed by atoms with E-state index in [4.69, 9.17) is 25.6 Å². The van der Waals surface area contributed by atoms with Gasteiger partial charge in [0.15, 0.2) is 5.69 Å². The molecule has 1 aliphatic carbocycles. The Bertz CT molecular complexity index is 1490. The van der Waals surface area contributed by atoms with Crippen LogP contribution in [0.3, 0.4) is 0 Å². The van der Waals surface area contributed by atoms with Gasteiger partial charge in [-0.15, -0.1) is 0 Å². The average Bonchev–Trinajstić information content (AvgIpc) is 3.62. The highest BCUT2D eigenvalue weighted by Gasteiger charge is 2.34. The predicted octanol–water partition coefficient (Wildman–Crippen LogP) is 6.55. The van der Waals surface area contributed by atoms with Gasteiger partial charge in [0.1, 0.15) is 11.5 Å². The summed E-state index contributed by atoms with van der Waals surface area (Å²) in [5, 5.41) is 9.41. The molecule has 208 valence electrons. The number of methoxy groups -OCH3 is 1. The lowest BCUT2D eigenvalue weighted by atomic mass is 10.0. The maximum atomic E-state index is 11.8. The van der Waals surface area contributed by atoms with E-state index >= 15 is 0 Å². The van der Waals surface area contributed by atoms with Crippen LogP contribution in [0.4, 0.5) is 5.69 Å². The second kappa shape index (κ2) is 11.1. The van der Waals surface area contributed by atoms with Gasteiger partial charge in [0, 0.05) is 42.9 Å². The summed E-state index contributed by atoms with van der Waals surface area (Å²) in [5.74, 6) is 0.955. The van der Waals surface area contributed by atoms with Crippen molar-refractivity contribution < 1.29 is 18.8 Å². The number of hydrogen-bond donors (Lipinski definition) is 0. The number of hydrogen-bond acceptors (Lipinski definition) is 7. The average molecular weight is 561 g/mol. The van der Waals surface area contributed by atoms with Gasteiger partial charge in [-0.2, -0.15) is 5.10 Å². The molecule has 2 aliphatic rings. The number of esters is 1. The van der Waals surface area contributed by atoms with Crippen LogP contribution in [-0.2, 0) is 23.1 Å². The van der Waals surface area contributed by atoms with Gasteiger partial charge in [-0.05, 0) is 68.0 Å². The standard InChI is InChI=1S/C31H33ClN4O4/c1-19-5-4-6-25(32)28(19)29-24(30(40-34-29)21-7-8-21)18-39-23-13-15-36(16-14-23)22-11-9-20(10-12-22)27-17-26(31(37)38-3)33-35(27)2/h4-6,9-12,17,21,23H,7-8,13-16,18H2,1-3H3. The summed E-state index contributed by atoms with van der Waals surface area (Å²) in [6, 6.07) is 16.1. The highest BCUT2D eigenvalue weighted by molar-refractivity contribution is 6.33. The highest BCUT2D eigenvalue weighted by Crippen LogP contribution is 2.45. The first-order valence-electron chi connectivity index (χ1n) is 13.8. The van der Waals surface area contributed by atoms with Crippen LogP contribution in [0.2, 0.25) is 5.02 Å². The van der Waals surface area contributed by atoms with E-state index in [-0.39, 0.29) is 6.10 Å². The third-order valence-electron chi connectivity index (χ3n) is 7.93. The fourth-order valence-corrected chi connectivity index (χ4v) is 5.83. The highest BCUT2D eigenvalue weighted by atomic mass is 35.5. The lowest BCUT2D eigenvalue weighted by molar-refractivity contribution is 0.0246. The lowest BCUT2D eigenvalue weighted by Crippen LogP contribution is -2.37. The molecule has 4 aromatic rings. The Morgan fingerprint density at radius 1 is 1.10 bits per heavy atom. The minimum Gasteiger partial charge on any atom is -0.464 e. The van der Waals surface area contributed by atoms with Crippen LogP contribution in [0.25, 0.3) is 22.5 Å². The molecular weight excluding hydrogens is 528 g/mol. The minimum atomic E-state index is -0.438. The van der Waals surface area contributed by atoms with Gasteiger partial charge in [0.05, 0.1) is 30.5 Å². The Hall–Kier alpha value is -3.62. The van der Waals surface area contributed by atoms with Crippen molar-refractivity contribution in [1.82, 2.24) is 14.9 Å². The van der Waals surface area contributed by atoms with Crippen molar-refractivity contribution in [2.24, 2.45) is 7.05 Å². The summed E-state index contributed by atoms with van der Waals surface area (Å²) in [5.41, 5.74) is 7.21. The Balaban J connectivity index is 1.09. The van der Waals surface area contributed by atoms with Crippen molar-refractivity contribution in [2.45, 2.75) is 51.2 Å². The van der Waals surface area contributed by atoms with Gasteiger partial charge in [0.25, 0.3) is 0 Å². The van der Waals surface area contributed by atoms with Crippen LogP contribution in [0.1, 0.15) is 59.0 Å². The number of halogens is 1. The molecular formula is C31H33ClN4O4. The Kier molecular flexibility index (Phi) is 7.38. The van der Waals surface area contributed by atoms with Crippen molar-refractivity contribution in [1.29, 1.82) is 0 Å². The molecule has 2 aromatic heterocycles. The zero-order valence-corrected chi connectivity index (χ0v) is 23.8. The third kappa shape index (κ3) is 5.25. The molecule has 2 fully saturated rings. The number of nitrogens with zero attached hydrogens (tertiary/aromatic N) is 4. The van der Waals surface area contributed by atoms with Crippen LogP contribution < -0.4 is 4.90 Å². The van der Waals surface area contributed by atoms with Crippen LogP contribution in [0.15, 0.2) is 53.1 Å². The number of piperidine rings is 1. The molecule has 40 heavy (non-hydrogen) atoms. The van der Waals surface area contributed by atoms with Crippen molar-refractivity contribution >= 4 is 23.3 Å². The Morgan fingerprint density at radius 3 is 2.52 bits per heavy atom. The summed E-state index contributed by atoms with van der Waals surface area (Å²) in [6.07, 6.45) is 4.32. The summed E-state index contributed by atoms with van der Waals surface area (Å²) >= 11 is 6.58. The van der Waals surface area contributed by atoms with Crippen LogP contribution in [0.5, 0.6) is 0 Å². The number of benzene rings is 2. The maximum Gasteiger partial charge on any atom is 0.358 e. The van der Waals surface area contributed by atoms with E-state index in [1.807, 2.05) is 19.2 Å². The van der Waals surface area contributed by atoms with Gasteiger partial charge >= 0.3 is 5.97 Å². The second-order valence-corrected chi connectivity index (χ2v) is 11.1. The fourth-order valence-electron chi connectivity index (χ4n) is 5.52. The summed E-state index contributed by atoms with van der Waals surface area (Å²) in [4.78, 5) is 14.2. The van der Waals surface area contributed by atoms with E-state index in [0.29, 0.717) is 23.2 Å². The van der Waals surface area contributed by atoms with E-state index < -0.39 is 5.97 Å². The van der Waals surface area contributed by atoms with E-state index in [2.05, 4.69) is 52.4 Å². The molecule has 9 heteroatoms. The molecule has 3 heterocycles. The largest absolute Gasteiger partial charge is 0.464 e. The van der Waals surface area contributed by atoms with Crippen molar-refractivity contribution in [2.75, 3.05) is 25.1 Å². The van der Waals surface area contributed by atoms with Crippen molar-refractivity contribution in [3.8, 4) is 22.5 Å². The zero-order chi connectivity index (χ0) is 27.8. The monoisotopic (exact) mass is 560 g/mol. The van der Waals surface area contributed by atoms with Gasteiger partial charge in [-0.25, -0.2) is 4.79 Å². The predicted molar refractivity (Wildman–Crippen MR) is 154 cm³/mol. The van der Waals surface area contributed by atoms with Crippen LogP contribution >= 0.6 is 11.6 Å². The molecule has 0 N–H and O–H groups in total. The molecule has 2 aromatic carbocycles. The third-order valence-corrected chi connectivity index (χ3v) is 8.25. The molecule has 0 spiro atoms. The van der Waals surface area contributed by atoms with Crippen molar-refractivity contribution in [3.63, 3.8) is 0 Å². The van der Waals surface area contributed by atoms with Crippen LogP contribution in [-0.4, -0.2) is 47.2 Å². The summed E-state index contributed by atoms with van der Waals surface area (Å²) in [7, 11) is 3.19. The summed E-state index contributed by atoms with van der Waals surface area (Å²) in [6.45, 7) is 4.36. The lowest BCUT2D eigenvalue weighted by Gasteiger charge is -2.33. The van der Waals surface area contributed by atoms with Gasteiger partial charge in [-0.3, -0.25) is 4.68 Å². The molecule has 0 unspecified atom stereocenters. The SMILES string of the molecule is COC(=O)c1cc(-c2ccc(N3CCC(OCc4c(-c5c(C)cccc5Cl)noc4C4CC4)CC3)cc2)n(C)n1. The minimum absolute atomic E-state index is 0.170. The smallest absolute Gasteiger partial charge is 0.358 e. The number of carbonyl (C=O) groups excluding carboxylic acids is 1. The summed E-state index contributed by atoms with van der Waals surface area (Å²) < 4.78 is 18.8. The van der Waals surface area contributed by atoms with Crippen molar-refractivity contribution in [3.05, 3.63) is 76.1 Å². The topological polar surface area (TPSA) is 82.6 Å². The number of aromatic nitrogens is 3. The quantitative estimate of drug-likeness (QED) is 0.226. The molecule has 0 atom stereocenters. The number of rotatable bonds is 8. The normalized spacial score (nSPS) is 15.9. The second-order valence-electron chi connectivity index (χ2n) is 10.7. The Morgan fingerprint density at radius 2 is 1.85 bits per heavy atom. The molecule has 0 bridgehead atoms. The zero-order valence-electron chi connectivity index (χ0n) is 23.0. The number of aryl methyl sites for hydroxylation is 2. The molecule has 0 amide bonds. The Labute approximate surface area is 238 Å². The molecule has 1 aliphatic heterocycles. The number of anilines is 1. The molecule has 1 saturated heterocycles. The van der Waals surface area contributed by atoms with Gasteiger partial charge in [0.2, 0.25) is 0 Å². The molecule has 0 radical (unpaired) electrons. The molecule has 8 nitrogen and oxygen atoms in total. The van der Waals surface area contributed by atoms with E-state index in [1.165, 1.54) is 12.8 Å². The van der Waals surface area contributed by atoms with E-state index in [9.17, 15) is 4.79 Å². The molecule has 6 rings (SSSR count). The molecule has 1 saturated carbocycles. The number of carbonyl (C=O) groups is 1. The first-order valence-corrected chi connectivity index (χ1v) is 14.1. The van der Waals surface area contributed by atoms with Gasteiger partial charge in [-0.1, -0.05) is 41.0 Å². The first kappa shape index (κ1) is 26.6. The first-order chi connectivity index (χ1) is 19.4. The maximum absolute atomic E-state index is 11.8. The fraction of sp³-hybridized carbons (Fsp3) is 0.387. The van der Waals surface area contributed by atoms with E-state index in [0.717, 1.165) is 78.2 Å². The van der Waals surface area contributed by atoms with Crippen LogP contribution in [0, 0.1) is 6.92 Å².